The van der Waals surface area contributed by atoms with Gasteiger partial charge in [0.25, 0.3) is 0 Å². The molecule has 1 aliphatic carbocycles. The Morgan fingerprint density at radius 2 is 2.05 bits per heavy atom. The van der Waals surface area contributed by atoms with Crippen molar-refractivity contribution in [1.29, 1.82) is 0 Å². The second-order valence-corrected chi connectivity index (χ2v) is 5.07. The number of carbonyl (C=O) groups excluding carboxylic acids is 1. The monoisotopic (exact) mass is 258 g/mol. The van der Waals surface area contributed by atoms with Crippen LogP contribution in [0.3, 0.4) is 0 Å². The van der Waals surface area contributed by atoms with Crippen molar-refractivity contribution in [3.8, 4) is 0 Å². The zero-order chi connectivity index (χ0) is 13.7. The van der Waals surface area contributed by atoms with Gasteiger partial charge in [-0.3, -0.25) is 4.79 Å². The van der Waals surface area contributed by atoms with E-state index in [-0.39, 0.29) is 6.10 Å². The maximum Gasteiger partial charge on any atom is 0.200 e. The highest BCUT2D eigenvalue weighted by atomic mass is 16.3. The Morgan fingerprint density at radius 1 is 1.32 bits per heavy atom. The van der Waals surface area contributed by atoms with E-state index in [4.69, 9.17) is 7.85 Å². The molecule has 3 N–H and O–H groups in total. The van der Waals surface area contributed by atoms with E-state index in [1.54, 1.807) is 0 Å². The summed E-state index contributed by atoms with van der Waals surface area (Å²) in [7, 11) is 5.05. The standard InChI is InChI=1S/C14H19BN2O2/c15-14(19)16-9-10-2-1-3-12(8-10)17-11-4-6-13(18)7-5-11/h1-3,8,11,13,17-18H,4-7,9H2,(H,16,19). The third-order valence-corrected chi connectivity index (χ3v) is 3.46. The predicted octanol–water partition coefficient (Wildman–Crippen LogP) is 1.78. The van der Waals surface area contributed by atoms with Gasteiger partial charge < -0.3 is 15.7 Å². The second kappa shape index (κ2) is 6.61. The first-order valence-corrected chi connectivity index (χ1v) is 6.70. The summed E-state index contributed by atoms with van der Waals surface area (Å²) >= 11 is 0. The highest BCUT2D eigenvalue weighted by molar-refractivity contribution is 6.57. The van der Waals surface area contributed by atoms with Gasteiger partial charge in [0.05, 0.1) is 6.10 Å². The summed E-state index contributed by atoms with van der Waals surface area (Å²) in [6, 6.07) is 8.35. The largest absolute Gasteiger partial charge is 0.393 e. The Bertz CT molecular complexity index is 431. The molecule has 19 heavy (non-hydrogen) atoms. The number of anilines is 1. The van der Waals surface area contributed by atoms with Gasteiger partial charge in [0.15, 0.2) is 5.81 Å². The van der Waals surface area contributed by atoms with Gasteiger partial charge in [-0.25, -0.2) is 0 Å². The first kappa shape index (κ1) is 13.9. The fraction of sp³-hybridized carbons (Fsp3) is 0.500. The lowest BCUT2D eigenvalue weighted by atomic mass is 9.93. The molecule has 1 aromatic rings. The number of aliphatic hydroxyl groups excluding tert-OH is 1. The molecule has 0 heterocycles. The number of hydrogen-bond acceptors (Lipinski definition) is 3. The molecule has 0 aliphatic heterocycles. The molecule has 2 radical (unpaired) electrons. The second-order valence-electron chi connectivity index (χ2n) is 5.07. The van der Waals surface area contributed by atoms with Crippen molar-refractivity contribution in [1.82, 2.24) is 5.32 Å². The predicted molar refractivity (Wildman–Crippen MR) is 76.3 cm³/mol. The molecule has 4 nitrogen and oxygen atoms in total. The summed E-state index contributed by atoms with van der Waals surface area (Å²) in [5.41, 5.74) is 2.06. The zero-order valence-electron chi connectivity index (χ0n) is 10.9. The average molecular weight is 258 g/mol. The van der Waals surface area contributed by atoms with Gasteiger partial charge in [0.2, 0.25) is 7.85 Å². The van der Waals surface area contributed by atoms with Crippen LogP contribution in [0, 0.1) is 0 Å². The average Bonchev–Trinajstić information content (AvgIpc) is 2.40. The Labute approximate surface area is 115 Å². The van der Waals surface area contributed by atoms with E-state index in [1.165, 1.54) is 0 Å². The normalized spacial score (nSPS) is 22.8. The summed E-state index contributed by atoms with van der Waals surface area (Å²) in [6.07, 6.45) is 3.57. The smallest absolute Gasteiger partial charge is 0.200 e. The highest BCUT2D eigenvalue weighted by Crippen LogP contribution is 2.22. The molecule has 0 saturated heterocycles. The molecule has 0 atom stereocenters. The van der Waals surface area contributed by atoms with Crippen LogP contribution in [0.2, 0.25) is 0 Å². The molecule has 0 aromatic heterocycles. The Hall–Kier alpha value is -1.49. The summed E-state index contributed by atoms with van der Waals surface area (Å²) < 4.78 is 0. The van der Waals surface area contributed by atoms with Crippen molar-refractivity contribution < 1.29 is 9.90 Å². The maximum absolute atomic E-state index is 10.7. The van der Waals surface area contributed by atoms with E-state index >= 15 is 0 Å². The fourth-order valence-corrected chi connectivity index (χ4v) is 2.42. The lowest BCUT2D eigenvalue weighted by Gasteiger charge is -2.27. The van der Waals surface area contributed by atoms with Crippen molar-refractivity contribution in [2.24, 2.45) is 0 Å². The van der Waals surface area contributed by atoms with Crippen molar-refractivity contribution in [3.63, 3.8) is 0 Å². The first-order chi connectivity index (χ1) is 9.13. The number of amides is 1. The fourth-order valence-electron chi connectivity index (χ4n) is 2.42. The van der Waals surface area contributed by atoms with Gasteiger partial charge in [0.1, 0.15) is 0 Å². The van der Waals surface area contributed by atoms with E-state index < -0.39 is 5.81 Å². The summed E-state index contributed by atoms with van der Waals surface area (Å²) in [6.45, 7) is 0.439. The van der Waals surface area contributed by atoms with Gasteiger partial charge >= 0.3 is 0 Å². The molecule has 1 aromatic carbocycles. The van der Waals surface area contributed by atoms with E-state index in [1.807, 2.05) is 24.3 Å². The van der Waals surface area contributed by atoms with E-state index in [0.717, 1.165) is 36.9 Å². The van der Waals surface area contributed by atoms with Gasteiger partial charge in [-0.2, -0.15) is 0 Å². The third kappa shape index (κ3) is 4.60. The Balaban J connectivity index is 1.89. The Morgan fingerprint density at radius 3 is 2.74 bits per heavy atom. The molecule has 0 unspecified atom stereocenters. The molecule has 1 fully saturated rings. The van der Waals surface area contributed by atoms with Crippen LogP contribution in [-0.2, 0) is 6.54 Å². The summed E-state index contributed by atoms with van der Waals surface area (Å²) in [4.78, 5) is 10.7. The van der Waals surface area contributed by atoms with Crippen LogP contribution in [0.15, 0.2) is 24.3 Å². The van der Waals surface area contributed by atoms with Crippen LogP contribution in [-0.4, -0.2) is 30.9 Å². The van der Waals surface area contributed by atoms with Gasteiger partial charge in [-0.05, 0) is 43.4 Å². The molecule has 1 amide bonds. The maximum atomic E-state index is 10.7. The summed E-state index contributed by atoms with van der Waals surface area (Å²) in [5.74, 6) is -0.514. The van der Waals surface area contributed by atoms with Crippen molar-refractivity contribution in [2.75, 3.05) is 5.32 Å². The number of nitrogens with one attached hydrogen (secondary N) is 2. The molecule has 100 valence electrons. The highest BCUT2D eigenvalue weighted by Gasteiger charge is 2.18. The van der Waals surface area contributed by atoms with Gasteiger partial charge in [0, 0.05) is 18.3 Å². The van der Waals surface area contributed by atoms with Crippen LogP contribution in [0.4, 0.5) is 10.5 Å². The lowest BCUT2D eigenvalue weighted by Crippen LogP contribution is -2.28. The summed E-state index contributed by atoms with van der Waals surface area (Å²) in [5, 5.41) is 15.5. The number of aliphatic hydroxyl groups is 1. The molecular formula is C14H19BN2O2. The van der Waals surface area contributed by atoms with Crippen LogP contribution < -0.4 is 10.6 Å². The molecule has 2 rings (SSSR count). The number of benzene rings is 1. The molecular weight excluding hydrogens is 239 g/mol. The molecule has 1 saturated carbocycles. The molecule has 0 bridgehead atoms. The SMILES string of the molecule is [B]C(=O)NCc1cccc(NC2CCC(O)CC2)c1. The Kier molecular flexibility index (Phi) is 4.85. The number of rotatable bonds is 4. The van der Waals surface area contributed by atoms with Crippen LogP contribution >= 0.6 is 0 Å². The van der Waals surface area contributed by atoms with E-state index in [9.17, 15) is 9.90 Å². The minimum absolute atomic E-state index is 0.135. The van der Waals surface area contributed by atoms with Crippen LogP contribution in [0.1, 0.15) is 31.2 Å². The van der Waals surface area contributed by atoms with Crippen molar-refractivity contribution >= 4 is 19.3 Å². The number of carbonyl (C=O) groups is 1. The van der Waals surface area contributed by atoms with Crippen LogP contribution in [0.5, 0.6) is 0 Å². The zero-order valence-corrected chi connectivity index (χ0v) is 10.9. The minimum Gasteiger partial charge on any atom is -0.393 e. The quantitative estimate of drug-likeness (QED) is 0.721. The molecule has 0 spiro atoms. The van der Waals surface area contributed by atoms with Gasteiger partial charge in [-0.1, -0.05) is 12.1 Å². The minimum atomic E-state index is -0.514. The third-order valence-electron chi connectivity index (χ3n) is 3.46. The van der Waals surface area contributed by atoms with E-state index in [0.29, 0.717) is 12.6 Å². The van der Waals surface area contributed by atoms with Crippen LogP contribution in [0.25, 0.3) is 0 Å². The first-order valence-electron chi connectivity index (χ1n) is 6.70. The van der Waals surface area contributed by atoms with Gasteiger partial charge in [-0.15, -0.1) is 0 Å². The molecule has 1 aliphatic rings. The lowest BCUT2D eigenvalue weighted by molar-refractivity contribution is 0.126. The molecule has 5 heteroatoms. The van der Waals surface area contributed by atoms with Crippen molar-refractivity contribution in [3.05, 3.63) is 29.8 Å². The number of hydrogen-bond donors (Lipinski definition) is 3. The topological polar surface area (TPSA) is 61.4 Å². The van der Waals surface area contributed by atoms with E-state index in [2.05, 4.69) is 10.6 Å². The van der Waals surface area contributed by atoms with Crippen molar-refractivity contribution in [2.45, 2.75) is 44.4 Å².